The van der Waals surface area contributed by atoms with Gasteiger partial charge in [-0.25, -0.2) is 9.78 Å². The Morgan fingerprint density at radius 1 is 1.38 bits per heavy atom. The summed E-state index contributed by atoms with van der Waals surface area (Å²) in [6.45, 7) is 5.34. The molecule has 0 saturated heterocycles. The maximum atomic E-state index is 11.7. The fourth-order valence-electron chi connectivity index (χ4n) is 1.77. The van der Waals surface area contributed by atoms with Gasteiger partial charge in [0.05, 0.1) is 5.75 Å². The summed E-state index contributed by atoms with van der Waals surface area (Å²) in [5.74, 6) is -1.47. The Labute approximate surface area is 126 Å². The number of thioether (sulfide) groups is 1. The van der Waals surface area contributed by atoms with Gasteiger partial charge < -0.3 is 9.84 Å². The summed E-state index contributed by atoms with van der Waals surface area (Å²) < 4.78 is 6.68. The van der Waals surface area contributed by atoms with E-state index in [2.05, 4.69) is 4.98 Å². The molecule has 7 heteroatoms. The SMILES string of the molecule is CC(C)(C)OC(=O)CSc1nc2ccccn2c1C(=O)O. The molecule has 0 amide bonds. The van der Waals surface area contributed by atoms with Crippen molar-refractivity contribution < 1.29 is 19.4 Å². The van der Waals surface area contributed by atoms with Crippen LogP contribution in [0.25, 0.3) is 5.65 Å². The van der Waals surface area contributed by atoms with Gasteiger partial charge in [-0.15, -0.1) is 0 Å². The maximum Gasteiger partial charge on any atom is 0.355 e. The molecule has 0 aromatic carbocycles. The number of aromatic nitrogens is 2. The van der Waals surface area contributed by atoms with Crippen LogP contribution in [0.5, 0.6) is 0 Å². The van der Waals surface area contributed by atoms with Crippen molar-refractivity contribution in [1.29, 1.82) is 0 Å². The van der Waals surface area contributed by atoms with E-state index in [1.54, 1.807) is 45.2 Å². The minimum Gasteiger partial charge on any atom is -0.476 e. The molecule has 0 atom stereocenters. The molecule has 2 aromatic heterocycles. The van der Waals surface area contributed by atoms with Gasteiger partial charge >= 0.3 is 11.9 Å². The molecule has 0 saturated carbocycles. The maximum absolute atomic E-state index is 11.7. The molecule has 0 unspecified atom stereocenters. The number of carbonyl (C=O) groups excluding carboxylic acids is 1. The van der Waals surface area contributed by atoms with E-state index >= 15 is 0 Å². The molecule has 6 nitrogen and oxygen atoms in total. The molecule has 0 aliphatic heterocycles. The molecule has 112 valence electrons. The van der Waals surface area contributed by atoms with E-state index in [9.17, 15) is 14.7 Å². The first kappa shape index (κ1) is 15.4. The predicted octanol–water partition coefficient (Wildman–Crippen LogP) is 2.47. The lowest BCUT2D eigenvalue weighted by atomic mass is 10.2. The van der Waals surface area contributed by atoms with Crippen LogP contribution in [-0.2, 0) is 9.53 Å². The second-order valence-electron chi connectivity index (χ2n) is 5.37. The van der Waals surface area contributed by atoms with Crippen molar-refractivity contribution in [2.75, 3.05) is 5.75 Å². The summed E-state index contributed by atoms with van der Waals surface area (Å²) in [7, 11) is 0. The number of carboxylic acids is 1. The van der Waals surface area contributed by atoms with Gasteiger partial charge in [-0.05, 0) is 32.9 Å². The average Bonchev–Trinajstić information content (AvgIpc) is 2.72. The van der Waals surface area contributed by atoms with Gasteiger partial charge in [-0.2, -0.15) is 0 Å². The zero-order valence-corrected chi connectivity index (χ0v) is 12.8. The summed E-state index contributed by atoms with van der Waals surface area (Å²) in [4.78, 5) is 27.3. The number of pyridine rings is 1. The standard InChI is InChI=1S/C14H16N2O4S/c1-14(2,3)20-10(17)8-21-12-11(13(18)19)16-7-5-4-6-9(16)15-12/h4-7H,8H2,1-3H3,(H,18,19). The van der Waals surface area contributed by atoms with Gasteiger partial charge in [0.1, 0.15) is 16.3 Å². The van der Waals surface area contributed by atoms with Gasteiger partial charge in [-0.3, -0.25) is 9.20 Å². The number of aromatic carboxylic acids is 1. The van der Waals surface area contributed by atoms with Crippen molar-refractivity contribution in [1.82, 2.24) is 9.38 Å². The van der Waals surface area contributed by atoms with E-state index in [1.807, 2.05) is 0 Å². The Bertz CT molecular complexity index is 688. The van der Waals surface area contributed by atoms with Crippen LogP contribution < -0.4 is 0 Å². The number of nitrogens with zero attached hydrogens (tertiary/aromatic N) is 2. The number of carboxylic acid groups (broad SMARTS) is 1. The largest absolute Gasteiger partial charge is 0.476 e. The zero-order chi connectivity index (χ0) is 15.6. The van der Waals surface area contributed by atoms with Crippen LogP contribution in [0.3, 0.4) is 0 Å². The lowest BCUT2D eigenvalue weighted by molar-refractivity contribution is -0.151. The summed E-state index contributed by atoms with van der Waals surface area (Å²) in [5, 5.41) is 9.62. The number of hydrogen-bond acceptors (Lipinski definition) is 5. The first-order valence-electron chi connectivity index (χ1n) is 6.33. The third-order valence-electron chi connectivity index (χ3n) is 2.45. The number of ether oxygens (including phenoxy) is 1. The Kier molecular flexibility index (Phi) is 4.22. The Hall–Kier alpha value is -2.02. The molecule has 0 aliphatic rings. The van der Waals surface area contributed by atoms with Crippen molar-refractivity contribution in [3.8, 4) is 0 Å². The molecule has 1 N–H and O–H groups in total. The number of imidazole rings is 1. The molecule has 0 bridgehead atoms. The highest BCUT2D eigenvalue weighted by Gasteiger charge is 2.21. The van der Waals surface area contributed by atoms with E-state index in [0.29, 0.717) is 10.7 Å². The monoisotopic (exact) mass is 308 g/mol. The quantitative estimate of drug-likeness (QED) is 0.690. The molecule has 0 fully saturated rings. The first-order chi connectivity index (χ1) is 9.78. The van der Waals surface area contributed by atoms with E-state index < -0.39 is 17.5 Å². The van der Waals surface area contributed by atoms with E-state index in [-0.39, 0.29) is 11.4 Å². The average molecular weight is 308 g/mol. The molecule has 2 rings (SSSR count). The third-order valence-corrected chi connectivity index (χ3v) is 3.39. The van der Waals surface area contributed by atoms with E-state index in [1.165, 1.54) is 4.40 Å². The Morgan fingerprint density at radius 2 is 2.10 bits per heavy atom. The number of esters is 1. The van der Waals surface area contributed by atoms with E-state index in [4.69, 9.17) is 4.74 Å². The molecule has 2 heterocycles. The minimum absolute atomic E-state index is 0.0153. The van der Waals surface area contributed by atoms with Crippen LogP contribution in [-0.4, -0.2) is 37.8 Å². The smallest absolute Gasteiger partial charge is 0.355 e. The van der Waals surface area contributed by atoms with Gasteiger partial charge in [0, 0.05) is 6.20 Å². The summed E-state index contributed by atoms with van der Waals surface area (Å²) in [6, 6.07) is 5.21. The minimum atomic E-state index is -1.08. The molecule has 21 heavy (non-hydrogen) atoms. The Morgan fingerprint density at radius 3 is 2.71 bits per heavy atom. The van der Waals surface area contributed by atoms with Crippen LogP contribution in [0.2, 0.25) is 0 Å². The van der Waals surface area contributed by atoms with Crippen LogP contribution in [0.15, 0.2) is 29.4 Å². The summed E-state index contributed by atoms with van der Waals surface area (Å²) in [6.07, 6.45) is 1.63. The number of rotatable bonds is 4. The fourth-order valence-corrected chi connectivity index (χ4v) is 2.56. The highest BCUT2D eigenvalue weighted by Crippen LogP contribution is 2.24. The van der Waals surface area contributed by atoms with E-state index in [0.717, 1.165) is 11.8 Å². The lowest BCUT2D eigenvalue weighted by Crippen LogP contribution is -2.25. The van der Waals surface area contributed by atoms with Gasteiger partial charge in [0.15, 0.2) is 5.69 Å². The van der Waals surface area contributed by atoms with Crippen molar-refractivity contribution >= 4 is 29.3 Å². The van der Waals surface area contributed by atoms with Gasteiger partial charge in [0.2, 0.25) is 0 Å². The molecule has 0 aliphatic carbocycles. The number of fused-ring (bicyclic) bond motifs is 1. The van der Waals surface area contributed by atoms with Crippen LogP contribution >= 0.6 is 11.8 Å². The lowest BCUT2D eigenvalue weighted by Gasteiger charge is -2.19. The van der Waals surface area contributed by atoms with Crippen molar-refractivity contribution in [3.63, 3.8) is 0 Å². The molecular weight excluding hydrogens is 292 g/mol. The summed E-state index contributed by atoms with van der Waals surface area (Å²) >= 11 is 1.06. The third kappa shape index (κ3) is 3.75. The van der Waals surface area contributed by atoms with Gasteiger partial charge in [0.25, 0.3) is 0 Å². The normalized spacial score (nSPS) is 11.6. The first-order valence-corrected chi connectivity index (χ1v) is 7.31. The zero-order valence-electron chi connectivity index (χ0n) is 12.0. The second kappa shape index (κ2) is 5.77. The van der Waals surface area contributed by atoms with Gasteiger partial charge in [-0.1, -0.05) is 17.8 Å². The van der Waals surface area contributed by atoms with Crippen molar-refractivity contribution in [3.05, 3.63) is 30.1 Å². The fraction of sp³-hybridized carbons (Fsp3) is 0.357. The molecule has 0 spiro atoms. The van der Waals surface area contributed by atoms with Crippen LogP contribution in [0, 0.1) is 0 Å². The Balaban J connectivity index is 2.21. The number of carbonyl (C=O) groups is 2. The highest BCUT2D eigenvalue weighted by atomic mass is 32.2. The molecule has 0 radical (unpaired) electrons. The van der Waals surface area contributed by atoms with Crippen molar-refractivity contribution in [2.24, 2.45) is 0 Å². The van der Waals surface area contributed by atoms with Crippen molar-refractivity contribution in [2.45, 2.75) is 31.4 Å². The molecular formula is C14H16N2O4S. The summed E-state index contributed by atoms with van der Waals surface area (Å²) in [5.41, 5.74) is 0.0207. The number of hydrogen-bond donors (Lipinski definition) is 1. The van der Waals surface area contributed by atoms with Crippen LogP contribution in [0.1, 0.15) is 31.3 Å². The molecule has 2 aromatic rings. The van der Waals surface area contributed by atoms with Crippen LogP contribution in [0.4, 0.5) is 0 Å². The second-order valence-corrected chi connectivity index (χ2v) is 6.34. The topological polar surface area (TPSA) is 80.9 Å². The predicted molar refractivity (Wildman–Crippen MR) is 78.7 cm³/mol. The highest BCUT2D eigenvalue weighted by molar-refractivity contribution is 8.00.